The molecule has 1 aliphatic heterocycles. The van der Waals surface area contributed by atoms with Crippen LogP contribution in [0, 0.1) is 0 Å². The third-order valence-corrected chi connectivity index (χ3v) is 8.53. The molecule has 17 heavy (non-hydrogen) atoms. The van der Waals surface area contributed by atoms with Crippen LogP contribution in [0.3, 0.4) is 0 Å². The van der Waals surface area contributed by atoms with Gasteiger partial charge in [-0.1, -0.05) is 20.8 Å². The topological polar surface area (TPSA) is 58.6 Å². The minimum Gasteiger partial charge on any atom is -0.412 e. The van der Waals surface area contributed by atoms with Crippen molar-refractivity contribution in [1.82, 2.24) is 5.32 Å². The lowest BCUT2D eigenvalue weighted by molar-refractivity contribution is -0.126. The fraction of sp³-hybridized carbons (Fsp3) is 0.917. The van der Waals surface area contributed by atoms with Crippen molar-refractivity contribution in [3.05, 3.63) is 0 Å². The normalized spacial score (nSPS) is 28.1. The van der Waals surface area contributed by atoms with E-state index in [1.165, 1.54) is 0 Å². The zero-order valence-corrected chi connectivity index (χ0v) is 12.7. The molecule has 0 saturated carbocycles. The highest BCUT2D eigenvalue weighted by Crippen LogP contribution is 2.37. The third kappa shape index (κ3) is 3.30. The van der Waals surface area contributed by atoms with Gasteiger partial charge in [-0.3, -0.25) is 4.79 Å². The van der Waals surface area contributed by atoms with Crippen molar-refractivity contribution < 1.29 is 14.3 Å². The maximum Gasteiger partial charge on any atom is 0.249 e. The molecular weight excluding hydrogens is 234 g/mol. The number of carbonyl (C=O) groups excluding carboxylic acids is 1. The van der Waals surface area contributed by atoms with Crippen molar-refractivity contribution in [2.45, 2.75) is 70.5 Å². The Bertz CT molecular complexity index is 299. The van der Waals surface area contributed by atoms with Crippen molar-refractivity contribution in [2.24, 2.45) is 0 Å². The summed E-state index contributed by atoms with van der Waals surface area (Å²) in [6, 6.07) is -0.0633. The minimum atomic E-state index is -1.81. The lowest BCUT2D eigenvalue weighted by Crippen LogP contribution is -2.48. The molecule has 1 saturated heterocycles. The second-order valence-corrected chi connectivity index (χ2v) is 11.2. The minimum absolute atomic E-state index is 0.0445. The van der Waals surface area contributed by atoms with E-state index < -0.39 is 14.4 Å². The van der Waals surface area contributed by atoms with E-state index in [0.29, 0.717) is 6.42 Å². The Morgan fingerprint density at radius 3 is 2.35 bits per heavy atom. The molecule has 1 fully saturated rings. The van der Waals surface area contributed by atoms with Crippen LogP contribution in [-0.2, 0) is 9.22 Å². The monoisotopic (exact) mass is 259 g/mol. The molecule has 3 unspecified atom stereocenters. The molecule has 1 amide bonds. The van der Waals surface area contributed by atoms with E-state index in [2.05, 4.69) is 39.2 Å². The van der Waals surface area contributed by atoms with E-state index in [1.807, 2.05) is 6.92 Å². The van der Waals surface area contributed by atoms with E-state index in [1.54, 1.807) is 0 Å². The van der Waals surface area contributed by atoms with Crippen LogP contribution in [0.5, 0.6) is 0 Å². The number of hydrogen-bond donors (Lipinski definition) is 2. The SMILES string of the molecule is CC(O[Si](C)(C)C(C)(C)C)C1CC(O)C(=O)N1. The molecule has 4 nitrogen and oxygen atoms in total. The summed E-state index contributed by atoms with van der Waals surface area (Å²) in [5.74, 6) is -0.277. The van der Waals surface area contributed by atoms with Crippen LogP contribution in [0.15, 0.2) is 0 Å². The molecule has 2 N–H and O–H groups in total. The van der Waals surface area contributed by atoms with Crippen LogP contribution in [0.4, 0.5) is 0 Å². The first-order valence-electron chi connectivity index (χ1n) is 6.21. The van der Waals surface area contributed by atoms with E-state index in [-0.39, 0.29) is 23.1 Å². The van der Waals surface area contributed by atoms with Crippen LogP contribution >= 0.6 is 0 Å². The Balaban J connectivity index is 2.61. The highest BCUT2D eigenvalue weighted by atomic mass is 28.4. The molecule has 0 aromatic heterocycles. The van der Waals surface area contributed by atoms with Crippen molar-refractivity contribution in [3.8, 4) is 0 Å². The summed E-state index contributed by atoms with van der Waals surface area (Å²) in [6.07, 6.45) is -0.461. The number of hydrogen-bond acceptors (Lipinski definition) is 3. The van der Waals surface area contributed by atoms with Gasteiger partial charge in [-0.25, -0.2) is 0 Å². The zero-order valence-electron chi connectivity index (χ0n) is 11.7. The van der Waals surface area contributed by atoms with Crippen molar-refractivity contribution in [3.63, 3.8) is 0 Å². The second-order valence-electron chi connectivity index (χ2n) is 6.45. The van der Waals surface area contributed by atoms with Crippen LogP contribution in [0.2, 0.25) is 18.1 Å². The molecule has 0 aliphatic carbocycles. The highest BCUT2D eigenvalue weighted by Gasteiger charge is 2.42. The standard InChI is InChI=1S/C12H25NO3Si/c1-8(9-7-10(14)11(15)13-9)16-17(5,6)12(2,3)4/h8-10,14H,7H2,1-6H3,(H,13,15). The maximum absolute atomic E-state index is 11.2. The molecule has 1 rings (SSSR count). The van der Waals surface area contributed by atoms with Crippen LogP contribution in [-0.4, -0.2) is 37.6 Å². The summed E-state index contributed by atoms with van der Waals surface area (Å²) in [7, 11) is -1.81. The molecule has 0 spiro atoms. The molecule has 1 heterocycles. The highest BCUT2D eigenvalue weighted by molar-refractivity contribution is 6.74. The largest absolute Gasteiger partial charge is 0.412 e. The first kappa shape index (κ1) is 14.7. The van der Waals surface area contributed by atoms with E-state index in [9.17, 15) is 9.90 Å². The Hall–Kier alpha value is -0.393. The fourth-order valence-electron chi connectivity index (χ4n) is 1.72. The van der Waals surface area contributed by atoms with E-state index >= 15 is 0 Å². The summed E-state index contributed by atoms with van der Waals surface area (Å²) < 4.78 is 6.20. The van der Waals surface area contributed by atoms with Gasteiger partial charge in [-0.2, -0.15) is 0 Å². The van der Waals surface area contributed by atoms with Crippen LogP contribution in [0.1, 0.15) is 34.1 Å². The van der Waals surface area contributed by atoms with E-state index in [0.717, 1.165) is 0 Å². The predicted molar refractivity (Wildman–Crippen MR) is 70.3 cm³/mol. The van der Waals surface area contributed by atoms with Gasteiger partial charge in [0.1, 0.15) is 6.10 Å². The Morgan fingerprint density at radius 2 is 2.00 bits per heavy atom. The second kappa shape index (κ2) is 4.70. The summed E-state index contributed by atoms with van der Waals surface area (Å²) in [4.78, 5) is 11.2. The van der Waals surface area contributed by atoms with Gasteiger partial charge in [0.15, 0.2) is 8.32 Å². The molecule has 100 valence electrons. The van der Waals surface area contributed by atoms with Gasteiger partial charge in [-0.15, -0.1) is 0 Å². The van der Waals surface area contributed by atoms with Crippen LogP contribution in [0.25, 0.3) is 0 Å². The average Bonchev–Trinajstić information content (AvgIpc) is 2.44. The number of carbonyl (C=O) groups is 1. The van der Waals surface area contributed by atoms with Gasteiger partial charge in [0, 0.05) is 6.42 Å². The Kier molecular flexibility index (Phi) is 4.06. The molecule has 5 heteroatoms. The fourth-order valence-corrected chi connectivity index (χ4v) is 3.17. The summed E-state index contributed by atoms with van der Waals surface area (Å²) in [5.41, 5.74) is 0. The lowest BCUT2D eigenvalue weighted by atomic mass is 10.1. The molecule has 1 aliphatic rings. The molecule has 0 aromatic rings. The van der Waals surface area contributed by atoms with Crippen molar-refractivity contribution in [1.29, 1.82) is 0 Å². The summed E-state index contributed by atoms with van der Waals surface area (Å²) in [6.45, 7) is 12.9. The number of rotatable bonds is 3. The van der Waals surface area contributed by atoms with Gasteiger partial charge in [0.05, 0.1) is 12.1 Å². The third-order valence-electron chi connectivity index (χ3n) is 3.96. The predicted octanol–water partition coefficient (Wildman–Crippen LogP) is 1.65. The van der Waals surface area contributed by atoms with Gasteiger partial charge in [-0.05, 0) is 25.1 Å². The summed E-state index contributed by atoms with van der Waals surface area (Å²) in [5, 5.41) is 12.4. The number of amides is 1. The molecule has 0 bridgehead atoms. The smallest absolute Gasteiger partial charge is 0.249 e. The summed E-state index contributed by atoms with van der Waals surface area (Å²) >= 11 is 0. The molecule has 3 atom stereocenters. The van der Waals surface area contributed by atoms with Gasteiger partial charge >= 0.3 is 0 Å². The molecule has 0 aromatic carbocycles. The van der Waals surface area contributed by atoms with Crippen LogP contribution < -0.4 is 5.32 Å². The zero-order chi connectivity index (χ0) is 13.4. The quantitative estimate of drug-likeness (QED) is 0.758. The number of nitrogens with one attached hydrogen (secondary N) is 1. The Morgan fingerprint density at radius 1 is 1.47 bits per heavy atom. The molecule has 0 radical (unpaired) electrons. The Labute approximate surface area is 105 Å². The van der Waals surface area contributed by atoms with Crippen molar-refractivity contribution in [2.75, 3.05) is 0 Å². The average molecular weight is 259 g/mol. The van der Waals surface area contributed by atoms with E-state index in [4.69, 9.17) is 4.43 Å². The number of aliphatic hydroxyl groups is 1. The first-order valence-corrected chi connectivity index (χ1v) is 9.11. The van der Waals surface area contributed by atoms with Gasteiger partial charge in [0.25, 0.3) is 0 Å². The first-order chi connectivity index (χ1) is 7.54. The van der Waals surface area contributed by atoms with Gasteiger partial charge < -0.3 is 14.8 Å². The van der Waals surface area contributed by atoms with Gasteiger partial charge in [0.2, 0.25) is 5.91 Å². The number of aliphatic hydroxyl groups excluding tert-OH is 1. The maximum atomic E-state index is 11.2. The lowest BCUT2D eigenvalue weighted by Gasteiger charge is -2.39. The molecular formula is C12H25NO3Si. The van der Waals surface area contributed by atoms with Crippen molar-refractivity contribution >= 4 is 14.2 Å².